The van der Waals surface area contributed by atoms with Crippen LogP contribution in [0.3, 0.4) is 0 Å². The number of benzene rings is 1. The number of hydrogen-bond donors (Lipinski definition) is 1. The van der Waals surface area contributed by atoms with Gasteiger partial charge in [0.15, 0.2) is 9.84 Å². The molecule has 1 aromatic carbocycles. The summed E-state index contributed by atoms with van der Waals surface area (Å²) in [7, 11) is -2.30. The molecule has 0 fully saturated rings. The first-order valence-electron chi connectivity index (χ1n) is 5.33. The number of alkyl halides is 2. The molecule has 1 aliphatic heterocycles. The summed E-state index contributed by atoms with van der Waals surface area (Å²) in [6.07, 6.45) is -3.10. The van der Waals surface area contributed by atoms with Crippen molar-refractivity contribution in [3.63, 3.8) is 0 Å². The summed E-state index contributed by atoms with van der Waals surface area (Å²) in [5.74, 6) is -1.11. The lowest BCUT2D eigenvalue weighted by Gasteiger charge is -2.37. The van der Waals surface area contributed by atoms with E-state index in [1.807, 2.05) is 0 Å². The van der Waals surface area contributed by atoms with Crippen LogP contribution in [0.15, 0.2) is 23.1 Å². The fourth-order valence-electron chi connectivity index (χ4n) is 2.26. The summed E-state index contributed by atoms with van der Waals surface area (Å²) in [6, 6.07) is 2.88. The second-order valence-electron chi connectivity index (χ2n) is 4.23. The summed E-state index contributed by atoms with van der Waals surface area (Å²) in [5, 5.41) is 2.46. The van der Waals surface area contributed by atoms with E-state index >= 15 is 0 Å². The van der Waals surface area contributed by atoms with Crippen molar-refractivity contribution in [1.29, 1.82) is 0 Å². The Morgan fingerprint density at radius 2 is 2.06 bits per heavy atom. The van der Waals surface area contributed by atoms with Crippen LogP contribution in [0.5, 0.6) is 0 Å². The molecule has 0 amide bonds. The molecule has 0 aromatic heterocycles. The Kier molecular flexibility index (Phi) is 3.14. The van der Waals surface area contributed by atoms with Gasteiger partial charge in [-0.15, -0.1) is 0 Å². The number of fused-ring (bicyclic) bond motifs is 1. The Hall–Kier alpha value is -1.08. The highest BCUT2D eigenvalue weighted by atomic mass is 32.2. The van der Waals surface area contributed by atoms with Crippen molar-refractivity contribution in [2.24, 2.45) is 0 Å². The van der Waals surface area contributed by atoms with Gasteiger partial charge in [-0.1, -0.05) is 0 Å². The van der Waals surface area contributed by atoms with E-state index in [9.17, 15) is 21.6 Å². The van der Waals surface area contributed by atoms with Crippen LogP contribution in [0, 0.1) is 5.82 Å². The third-order valence-electron chi connectivity index (χ3n) is 3.34. The number of halogens is 3. The molecular formula is C11H12F3NO2S. The van der Waals surface area contributed by atoms with Crippen LogP contribution in [0.4, 0.5) is 13.2 Å². The van der Waals surface area contributed by atoms with E-state index in [4.69, 9.17) is 0 Å². The molecule has 0 spiro atoms. The van der Waals surface area contributed by atoms with Gasteiger partial charge in [-0.05, 0) is 37.2 Å². The van der Waals surface area contributed by atoms with Crippen molar-refractivity contribution in [3.8, 4) is 0 Å². The maximum Gasteiger partial charge on any atom is 0.260 e. The van der Waals surface area contributed by atoms with Crippen LogP contribution >= 0.6 is 0 Å². The highest BCUT2D eigenvalue weighted by Crippen LogP contribution is 2.41. The Labute approximate surface area is 103 Å². The smallest absolute Gasteiger partial charge is 0.260 e. The first kappa shape index (κ1) is 13.4. The molecule has 100 valence electrons. The van der Waals surface area contributed by atoms with E-state index in [1.54, 1.807) is 0 Å². The Balaban J connectivity index is 2.75. The van der Waals surface area contributed by atoms with E-state index in [2.05, 4.69) is 5.32 Å². The fourth-order valence-corrected chi connectivity index (χ4v) is 3.92. The van der Waals surface area contributed by atoms with Crippen LogP contribution in [0.25, 0.3) is 0 Å². The van der Waals surface area contributed by atoms with Crippen molar-refractivity contribution in [3.05, 3.63) is 29.6 Å². The normalized spacial score (nSPS) is 26.1. The maximum absolute atomic E-state index is 13.3. The Morgan fingerprint density at radius 1 is 1.39 bits per heavy atom. The van der Waals surface area contributed by atoms with E-state index in [1.165, 1.54) is 7.05 Å². The van der Waals surface area contributed by atoms with Crippen molar-refractivity contribution in [2.75, 3.05) is 12.8 Å². The molecule has 18 heavy (non-hydrogen) atoms. The molecule has 2 rings (SSSR count). The molecule has 0 aliphatic carbocycles. The number of hydrogen-bond acceptors (Lipinski definition) is 3. The van der Waals surface area contributed by atoms with E-state index < -0.39 is 27.6 Å². The molecule has 0 radical (unpaired) electrons. The lowest BCUT2D eigenvalue weighted by atomic mass is 9.87. The predicted molar refractivity (Wildman–Crippen MR) is 59.8 cm³/mol. The quantitative estimate of drug-likeness (QED) is 0.838. The highest BCUT2D eigenvalue weighted by Gasteiger charge is 2.47. The monoisotopic (exact) mass is 279 g/mol. The van der Waals surface area contributed by atoms with Crippen LogP contribution < -0.4 is 5.32 Å². The van der Waals surface area contributed by atoms with Gasteiger partial charge in [-0.3, -0.25) is 0 Å². The topological polar surface area (TPSA) is 46.2 Å². The van der Waals surface area contributed by atoms with Gasteiger partial charge >= 0.3 is 0 Å². The van der Waals surface area contributed by atoms with Crippen LogP contribution in [0.2, 0.25) is 0 Å². The Bertz CT molecular complexity index is 574. The van der Waals surface area contributed by atoms with Crippen molar-refractivity contribution in [2.45, 2.75) is 23.3 Å². The van der Waals surface area contributed by atoms with Gasteiger partial charge in [0.2, 0.25) is 0 Å². The average molecular weight is 279 g/mol. The zero-order chi connectivity index (χ0) is 13.6. The van der Waals surface area contributed by atoms with Crippen molar-refractivity contribution >= 4 is 9.84 Å². The molecular weight excluding hydrogens is 267 g/mol. The largest absolute Gasteiger partial charge is 0.306 e. The second-order valence-corrected chi connectivity index (χ2v) is 6.31. The minimum Gasteiger partial charge on any atom is -0.306 e. The zero-order valence-electron chi connectivity index (χ0n) is 9.58. The molecule has 1 aromatic rings. The van der Waals surface area contributed by atoms with Gasteiger partial charge in [0.25, 0.3) is 6.43 Å². The lowest BCUT2D eigenvalue weighted by molar-refractivity contribution is 0.0265. The maximum atomic E-state index is 13.3. The molecule has 7 heteroatoms. The minimum absolute atomic E-state index is 0.189. The van der Waals surface area contributed by atoms with Crippen molar-refractivity contribution in [1.82, 2.24) is 5.32 Å². The molecule has 0 saturated heterocycles. The van der Waals surface area contributed by atoms with Gasteiger partial charge in [0.05, 0.1) is 10.6 Å². The van der Waals surface area contributed by atoms with Gasteiger partial charge in [0, 0.05) is 0 Å². The van der Waals surface area contributed by atoms with Crippen molar-refractivity contribution < 1.29 is 21.6 Å². The Morgan fingerprint density at radius 3 is 2.61 bits per heavy atom. The second kappa shape index (κ2) is 4.24. The molecule has 0 bridgehead atoms. The van der Waals surface area contributed by atoms with Gasteiger partial charge < -0.3 is 5.32 Å². The number of sulfone groups is 1. The van der Waals surface area contributed by atoms with Crippen LogP contribution in [-0.4, -0.2) is 27.6 Å². The number of rotatable bonds is 2. The fraction of sp³-hybridized carbons (Fsp3) is 0.455. The average Bonchev–Trinajstić information content (AvgIpc) is 2.29. The number of nitrogens with one attached hydrogen (secondary N) is 1. The summed E-state index contributed by atoms with van der Waals surface area (Å²) in [4.78, 5) is -0.218. The predicted octanol–water partition coefficient (Wildman–Crippen LogP) is 1.68. The summed E-state index contributed by atoms with van der Waals surface area (Å²) in [6.45, 7) is 0. The molecule has 1 atom stereocenters. The standard InChI is InChI=1S/C11H12F3NO2S/c1-15-11(10(13)14)4-5-18(16,17)9-3-2-7(12)6-8(9)11/h2-3,6,10,15H,4-5H2,1H3. The minimum atomic E-state index is -3.61. The molecule has 1 unspecified atom stereocenters. The first-order valence-corrected chi connectivity index (χ1v) is 6.98. The van der Waals surface area contributed by atoms with E-state index in [0.717, 1.165) is 18.2 Å². The van der Waals surface area contributed by atoms with Gasteiger partial charge in [-0.25, -0.2) is 21.6 Å². The third-order valence-corrected chi connectivity index (χ3v) is 5.11. The molecule has 1 N–H and O–H groups in total. The molecule has 0 saturated carbocycles. The molecule has 1 heterocycles. The summed E-state index contributed by atoms with van der Waals surface area (Å²) >= 11 is 0. The van der Waals surface area contributed by atoms with Gasteiger partial charge in [0.1, 0.15) is 11.4 Å². The third kappa shape index (κ3) is 1.81. The lowest BCUT2D eigenvalue weighted by Crippen LogP contribution is -2.51. The highest BCUT2D eigenvalue weighted by molar-refractivity contribution is 7.91. The summed E-state index contributed by atoms with van der Waals surface area (Å²) < 4.78 is 63.4. The molecule has 1 aliphatic rings. The van der Waals surface area contributed by atoms with Crippen LogP contribution in [0.1, 0.15) is 12.0 Å². The SMILES string of the molecule is CNC1(C(F)F)CCS(=O)(=O)c2ccc(F)cc21. The summed E-state index contributed by atoms with van der Waals surface area (Å²) in [5.41, 5.74) is -1.99. The molecule has 3 nitrogen and oxygen atoms in total. The van der Waals surface area contributed by atoms with Gasteiger partial charge in [-0.2, -0.15) is 0 Å². The first-order chi connectivity index (χ1) is 8.33. The van der Waals surface area contributed by atoms with E-state index in [0.29, 0.717) is 0 Å². The zero-order valence-corrected chi connectivity index (χ0v) is 10.4. The van der Waals surface area contributed by atoms with E-state index in [-0.39, 0.29) is 22.6 Å². The van der Waals surface area contributed by atoms with Crippen LogP contribution in [-0.2, 0) is 15.4 Å².